The Hall–Kier alpha value is -2.44. The van der Waals surface area contributed by atoms with Gasteiger partial charge in [-0.15, -0.1) is 0 Å². The SMILES string of the molecule is Cc1ccc2c(c1)OC1(CCN(C(=O)C(F)(F)F)CC1)c1cccn1-2. The number of aromatic nitrogens is 1. The highest BCUT2D eigenvalue weighted by atomic mass is 19.4. The number of likely N-dealkylation sites (tertiary alicyclic amines) is 1. The van der Waals surface area contributed by atoms with Crippen molar-refractivity contribution in [3.8, 4) is 11.4 Å². The van der Waals surface area contributed by atoms with Crippen molar-refractivity contribution in [2.24, 2.45) is 0 Å². The molecule has 1 aromatic heterocycles. The monoisotopic (exact) mass is 350 g/mol. The Bertz CT molecular complexity index is 833. The fourth-order valence-corrected chi connectivity index (χ4v) is 3.74. The van der Waals surface area contributed by atoms with Crippen molar-refractivity contribution < 1.29 is 22.7 Å². The Kier molecular flexibility index (Phi) is 3.39. The number of fused-ring (bicyclic) bond motifs is 4. The van der Waals surface area contributed by atoms with E-state index >= 15 is 0 Å². The minimum atomic E-state index is -4.83. The molecule has 2 aliphatic heterocycles. The molecular weight excluding hydrogens is 333 g/mol. The van der Waals surface area contributed by atoms with Crippen LogP contribution in [0, 0.1) is 6.92 Å². The van der Waals surface area contributed by atoms with Crippen LogP contribution in [0.1, 0.15) is 24.1 Å². The van der Waals surface area contributed by atoms with Gasteiger partial charge >= 0.3 is 12.1 Å². The van der Waals surface area contributed by atoms with Crippen molar-refractivity contribution in [3.63, 3.8) is 0 Å². The molecule has 0 N–H and O–H groups in total. The molecule has 1 fully saturated rings. The van der Waals surface area contributed by atoms with Gasteiger partial charge in [0.25, 0.3) is 0 Å². The van der Waals surface area contributed by atoms with Gasteiger partial charge in [-0.25, -0.2) is 0 Å². The molecule has 1 amide bonds. The van der Waals surface area contributed by atoms with Crippen molar-refractivity contribution in [3.05, 3.63) is 47.8 Å². The highest BCUT2D eigenvalue weighted by Gasteiger charge is 2.49. The first-order valence-corrected chi connectivity index (χ1v) is 8.14. The Morgan fingerprint density at radius 2 is 1.92 bits per heavy atom. The second-order valence-electron chi connectivity index (χ2n) is 6.62. The smallest absolute Gasteiger partial charge is 0.471 e. The van der Waals surface area contributed by atoms with Gasteiger partial charge in [-0.05, 0) is 36.8 Å². The van der Waals surface area contributed by atoms with Crippen LogP contribution in [0.4, 0.5) is 13.2 Å². The van der Waals surface area contributed by atoms with Crippen LogP contribution < -0.4 is 4.74 Å². The maximum atomic E-state index is 12.7. The van der Waals surface area contributed by atoms with Crippen LogP contribution in [-0.4, -0.2) is 34.6 Å². The molecule has 2 aliphatic rings. The zero-order valence-corrected chi connectivity index (χ0v) is 13.6. The van der Waals surface area contributed by atoms with Gasteiger partial charge in [-0.1, -0.05) is 6.07 Å². The van der Waals surface area contributed by atoms with E-state index in [0.717, 1.165) is 27.6 Å². The molecular formula is C18H17F3N2O2. The summed E-state index contributed by atoms with van der Waals surface area (Å²) in [6, 6.07) is 9.75. The van der Waals surface area contributed by atoms with E-state index in [1.54, 1.807) is 0 Å². The molecule has 1 saturated heterocycles. The third-order valence-corrected chi connectivity index (χ3v) is 5.00. The third kappa shape index (κ3) is 2.49. The highest BCUT2D eigenvalue weighted by molar-refractivity contribution is 5.82. The van der Waals surface area contributed by atoms with Gasteiger partial charge in [0.05, 0.1) is 11.4 Å². The lowest BCUT2D eigenvalue weighted by Gasteiger charge is -2.45. The summed E-state index contributed by atoms with van der Waals surface area (Å²) < 4.78 is 46.3. The van der Waals surface area contributed by atoms with E-state index in [1.165, 1.54) is 0 Å². The van der Waals surface area contributed by atoms with Crippen LogP contribution in [0.25, 0.3) is 5.69 Å². The first-order chi connectivity index (χ1) is 11.8. The molecule has 0 atom stereocenters. The molecule has 25 heavy (non-hydrogen) atoms. The zero-order valence-electron chi connectivity index (χ0n) is 13.6. The quantitative estimate of drug-likeness (QED) is 0.728. The lowest BCUT2D eigenvalue weighted by molar-refractivity contribution is -0.188. The summed E-state index contributed by atoms with van der Waals surface area (Å²) >= 11 is 0. The Balaban J connectivity index is 1.66. The van der Waals surface area contributed by atoms with Gasteiger partial charge in [0.2, 0.25) is 0 Å². The van der Waals surface area contributed by atoms with Gasteiger partial charge in [0.1, 0.15) is 5.75 Å². The van der Waals surface area contributed by atoms with E-state index in [0.29, 0.717) is 12.8 Å². The molecule has 1 spiro atoms. The van der Waals surface area contributed by atoms with Gasteiger partial charge in [-0.2, -0.15) is 13.2 Å². The fraction of sp³-hybridized carbons (Fsp3) is 0.389. The number of alkyl halides is 3. The summed E-state index contributed by atoms with van der Waals surface area (Å²) in [7, 11) is 0. The maximum Gasteiger partial charge on any atom is 0.471 e. The summed E-state index contributed by atoms with van der Waals surface area (Å²) in [6.45, 7) is 2.00. The van der Waals surface area contributed by atoms with Crippen molar-refractivity contribution in [2.45, 2.75) is 31.5 Å². The van der Waals surface area contributed by atoms with E-state index in [2.05, 4.69) is 0 Å². The summed E-state index contributed by atoms with van der Waals surface area (Å²) in [6.07, 6.45) is -2.25. The van der Waals surface area contributed by atoms with Gasteiger partial charge in [0.15, 0.2) is 5.60 Å². The van der Waals surface area contributed by atoms with Crippen molar-refractivity contribution in [1.82, 2.24) is 9.47 Å². The molecule has 132 valence electrons. The first-order valence-electron chi connectivity index (χ1n) is 8.14. The lowest BCUT2D eigenvalue weighted by Crippen LogP contribution is -2.52. The van der Waals surface area contributed by atoms with E-state index in [1.807, 2.05) is 48.0 Å². The number of hydrogen-bond acceptors (Lipinski definition) is 2. The summed E-state index contributed by atoms with van der Waals surface area (Å²) in [5.74, 6) is -1.05. The molecule has 0 aliphatic carbocycles. The van der Waals surface area contributed by atoms with Crippen LogP contribution in [0.3, 0.4) is 0 Å². The predicted octanol–water partition coefficient (Wildman–Crippen LogP) is 3.56. The zero-order chi connectivity index (χ0) is 17.8. The minimum Gasteiger partial charge on any atom is -0.479 e. The van der Waals surface area contributed by atoms with E-state index in [4.69, 9.17) is 4.74 Å². The molecule has 0 bridgehead atoms. The van der Waals surface area contributed by atoms with Gasteiger partial charge in [-0.3, -0.25) is 4.79 Å². The number of piperidine rings is 1. The molecule has 7 heteroatoms. The van der Waals surface area contributed by atoms with E-state index in [9.17, 15) is 18.0 Å². The van der Waals surface area contributed by atoms with Crippen molar-refractivity contribution >= 4 is 5.91 Å². The molecule has 1 aromatic carbocycles. The van der Waals surface area contributed by atoms with Crippen LogP contribution in [0.2, 0.25) is 0 Å². The number of hydrogen-bond donors (Lipinski definition) is 0. The van der Waals surface area contributed by atoms with Crippen LogP contribution in [0.5, 0.6) is 5.75 Å². The van der Waals surface area contributed by atoms with Crippen LogP contribution in [-0.2, 0) is 10.4 Å². The molecule has 2 aromatic rings. The van der Waals surface area contributed by atoms with Crippen molar-refractivity contribution in [2.75, 3.05) is 13.1 Å². The molecule has 3 heterocycles. The number of carbonyl (C=O) groups excluding carboxylic acids is 1. The second-order valence-corrected chi connectivity index (χ2v) is 6.62. The molecule has 4 rings (SSSR count). The minimum absolute atomic E-state index is 0.0185. The molecule has 0 unspecified atom stereocenters. The highest BCUT2D eigenvalue weighted by Crippen LogP contribution is 2.45. The Morgan fingerprint density at radius 1 is 1.20 bits per heavy atom. The topological polar surface area (TPSA) is 34.5 Å². The number of carbonyl (C=O) groups is 1. The third-order valence-electron chi connectivity index (χ3n) is 5.00. The van der Waals surface area contributed by atoms with Crippen LogP contribution in [0.15, 0.2) is 36.5 Å². The van der Waals surface area contributed by atoms with E-state index in [-0.39, 0.29) is 13.1 Å². The number of halogens is 3. The van der Waals surface area contributed by atoms with E-state index < -0.39 is 17.7 Å². The summed E-state index contributed by atoms with van der Waals surface area (Å²) in [4.78, 5) is 12.4. The maximum absolute atomic E-state index is 12.7. The second kappa shape index (κ2) is 5.28. The predicted molar refractivity (Wildman–Crippen MR) is 84.7 cm³/mol. The lowest BCUT2D eigenvalue weighted by atomic mass is 9.86. The summed E-state index contributed by atoms with van der Waals surface area (Å²) in [5, 5.41) is 0. The average Bonchev–Trinajstić information content (AvgIpc) is 3.05. The van der Waals surface area contributed by atoms with Crippen molar-refractivity contribution in [1.29, 1.82) is 0 Å². The number of nitrogens with zero attached hydrogens (tertiary/aromatic N) is 2. The Morgan fingerprint density at radius 3 is 2.60 bits per heavy atom. The first kappa shape index (κ1) is 16.1. The van der Waals surface area contributed by atoms with Crippen LogP contribution >= 0.6 is 0 Å². The average molecular weight is 350 g/mol. The Labute approximate surface area is 142 Å². The number of benzene rings is 1. The molecule has 4 nitrogen and oxygen atoms in total. The number of ether oxygens (including phenoxy) is 1. The standard InChI is InChI=1S/C18H17F3N2O2/c1-12-4-5-13-14(11-12)25-17(15-3-2-8-23(13)15)6-9-22(10-7-17)16(24)18(19,20)21/h2-5,8,11H,6-7,9-10H2,1H3. The number of amides is 1. The molecule has 0 radical (unpaired) electrons. The molecule has 0 saturated carbocycles. The van der Waals surface area contributed by atoms with Gasteiger partial charge in [0, 0.05) is 32.1 Å². The number of aryl methyl sites for hydroxylation is 1. The summed E-state index contributed by atoms with van der Waals surface area (Å²) in [5.41, 5.74) is 2.19. The normalized spacial score (nSPS) is 18.5. The largest absolute Gasteiger partial charge is 0.479 e. The van der Waals surface area contributed by atoms with Gasteiger partial charge < -0.3 is 14.2 Å². The number of rotatable bonds is 0. The fourth-order valence-electron chi connectivity index (χ4n) is 3.74.